The van der Waals surface area contributed by atoms with Crippen molar-refractivity contribution in [2.24, 2.45) is 0 Å². The van der Waals surface area contributed by atoms with E-state index >= 15 is 0 Å². The Bertz CT molecular complexity index is 547. The van der Waals surface area contributed by atoms with Crippen LogP contribution in [0.15, 0.2) is 60.7 Å². The summed E-state index contributed by atoms with van der Waals surface area (Å²) in [6, 6.07) is 18.0. The zero-order valence-electron chi connectivity index (χ0n) is 9.82. The molecule has 90 valence electrons. The molecule has 0 atom stereocenters. The minimum atomic E-state index is -0.183. The summed E-state index contributed by atoms with van der Waals surface area (Å²) in [7, 11) is 0. The molecule has 0 aliphatic heterocycles. The smallest absolute Gasteiger partial charge is 0.228 e. The summed E-state index contributed by atoms with van der Waals surface area (Å²) in [5, 5.41) is 11.6. The van der Waals surface area contributed by atoms with E-state index in [0.717, 1.165) is 5.56 Å². The molecule has 0 amide bonds. The number of ketones is 1. The van der Waals surface area contributed by atoms with E-state index < -0.39 is 0 Å². The highest BCUT2D eigenvalue weighted by Crippen LogP contribution is 2.00. The van der Waals surface area contributed by atoms with Gasteiger partial charge in [0.1, 0.15) is 0 Å². The van der Waals surface area contributed by atoms with Crippen LogP contribution < -0.4 is 0 Å². The number of nitrogens with zero attached hydrogens (tertiary/aromatic N) is 1. The maximum atomic E-state index is 11.8. The molecule has 0 saturated heterocycles. The molecule has 0 saturated carbocycles. The Labute approximate surface area is 106 Å². The molecule has 3 nitrogen and oxygen atoms in total. The normalized spacial score (nSPS) is 11.2. The van der Waals surface area contributed by atoms with E-state index in [1.165, 1.54) is 6.21 Å². The van der Waals surface area contributed by atoms with Crippen molar-refractivity contribution >= 4 is 12.0 Å². The van der Waals surface area contributed by atoms with Gasteiger partial charge in [-0.3, -0.25) is 4.79 Å². The van der Waals surface area contributed by atoms with Gasteiger partial charge in [-0.2, -0.15) is 0 Å². The molecule has 0 unspecified atom stereocenters. The van der Waals surface area contributed by atoms with Crippen molar-refractivity contribution in [2.45, 2.75) is 0 Å². The van der Waals surface area contributed by atoms with Crippen molar-refractivity contribution in [1.82, 2.24) is 0 Å². The van der Waals surface area contributed by atoms with Crippen LogP contribution in [0, 0.1) is 5.21 Å². The van der Waals surface area contributed by atoms with Gasteiger partial charge in [0, 0.05) is 11.1 Å². The van der Waals surface area contributed by atoms with Gasteiger partial charge in [0.15, 0.2) is 6.21 Å². The van der Waals surface area contributed by atoms with Gasteiger partial charge < -0.3 is 5.21 Å². The van der Waals surface area contributed by atoms with Gasteiger partial charge in [-0.05, 0) is 12.1 Å². The van der Waals surface area contributed by atoms with Crippen LogP contribution in [0.5, 0.6) is 0 Å². The Morgan fingerprint density at radius 2 is 1.56 bits per heavy atom. The predicted molar refractivity (Wildman–Crippen MR) is 70.9 cm³/mol. The molecule has 2 rings (SSSR count). The maximum Gasteiger partial charge on any atom is 0.228 e. The monoisotopic (exact) mass is 239 g/mol. The van der Waals surface area contributed by atoms with Gasteiger partial charge >= 0.3 is 0 Å². The van der Waals surface area contributed by atoms with E-state index in [2.05, 4.69) is 0 Å². The summed E-state index contributed by atoms with van der Waals surface area (Å²) in [5.41, 5.74) is 1.34. The standard InChI is InChI=1S/C15H13NO2/c17-15(14-9-5-2-6-10-14)12-16(18)11-13-7-3-1-4-8-13/h1-11H,12H2/b16-11-. The fraction of sp³-hybridized carbons (Fsp3) is 0.0667. The molecule has 18 heavy (non-hydrogen) atoms. The fourth-order valence-corrected chi connectivity index (χ4v) is 1.61. The van der Waals surface area contributed by atoms with Crippen molar-refractivity contribution in [1.29, 1.82) is 0 Å². The quantitative estimate of drug-likeness (QED) is 0.270. The lowest BCUT2D eigenvalue weighted by molar-refractivity contribution is -0.436. The SMILES string of the molecule is O=C(C/[N+]([O-])=C/c1ccccc1)c1ccccc1. The number of hydrogen-bond acceptors (Lipinski definition) is 2. The molecule has 0 aromatic heterocycles. The van der Waals surface area contributed by atoms with Crippen LogP contribution in [-0.2, 0) is 0 Å². The predicted octanol–water partition coefficient (Wildman–Crippen LogP) is 2.50. The average molecular weight is 239 g/mol. The van der Waals surface area contributed by atoms with E-state index in [0.29, 0.717) is 10.3 Å². The van der Waals surface area contributed by atoms with Gasteiger partial charge in [0.2, 0.25) is 12.3 Å². The van der Waals surface area contributed by atoms with Crippen molar-refractivity contribution in [3.63, 3.8) is 0 Å². The molecule has 0 bridgehead atoms. The lowest BCUT2D eigenvalue weighted by atomic mass is 10.1. The van der Waals surface area contributed by atoms with Gasteiger partial charge in [-0.25, -0.2) is 4.74 Å². The Balaban J connectivity index is 2.06. The van der Waals surface area contributed by atoms with Crippen LogP contribution in [-0.4, -0.2) is 23.3 Å². The molecule has 0 aliphatic carbocycles. The lowest BCUT2D eigenvalue weighted by Gasteiger charge is -2.03. The van der Waals surface area contributed by atoms with Crippen LogP contribution in [0.25, 0.3) is 0 Å². The van der Waals surface area contributed by atoms with Gasteiger partial charge in [0.05, 0.1) is 0 Å². The number of benzene rings is 2. The molecule has 0 aliphatic rings. The second-order valence-electron chi connectivity index (χ2n) is 3.90. The Kier molecular flexibility index (Phi) is 3.86. The molecular formula is C15H13NO2. The summed E-state index contributed by atoms with van der Waals surface area (Å²) < 4.78 is 0.657. The second-order valence-corrected chi connectivity index (χ2v) is 3.90. The average Bonchev–Trinajstić information content (AvgIpc) is 2.40. The van der Waals surface area contributed by atoms with Crippen LogP contribution in [0.1, 0.15) is 15.9 Å². The highest BCUT2D eigenvalue weighted by molar-refractivity contribution is 5.97. The Morgan fingerprint density at radius 1 is 1.00 bits per heavy atom. The Morgan fingerprint density at radius 3 is 2.17 bits per heavy atom. The van der Waals surface area contributed by atoms with Gasteiger partial charge in [0.25, 0.3) is 0 Å². The van der Waals surface area contributed by atoms with Gasteiger partial charge in [-0.1, -0.05) is 48.5 Å². The highest BCUT2D eigenvalue weighted by atomic mass is 16.5. The highest BCUT2D eigenvalue weighted by Gasteiger charge is 2.09. The lowest BCUT2D eigenvalue weighted by Crippen LogP contribution is -2.17. The first-order valence-corrected chi connectivity index (χ1v) is 5.67. The molecule has 0 N–H and O–H groups in total. The molecular weight excluding hydrogens is 226 g/mol. The zero-order valence-corrected chi connectivity index (χ0v) is 9.82. The molecule has 2 aromatic carbocycles. The second kappa shape index (κ2) is 5.77. The van der Waals surface area contributed by atoms with Crippen LogP contribution >= 0.6 is 0 Å². The third kappa shape index (κ3) is 3.28. The first-order chi connectivity index (χ1) is 8.75. The first kappa shape index (κ1) is 12.0. The minimum Gasteiger partial charge on any atom is -0.623 e. The molecule has 0 fully saturated rings. The van der Waals surface area contributed by atoms with E-state index in [4.69, 9.17) is 0 Å². The van der Waals surface area contributed by atoms with E-state index in [1.54, 1.807) is 24.3 Å². The third-order valence-corrected chi connectivity index (χ3v) is 2.49. The summed E-state index contributed by atoms with van der Waals surface area (Å²) in [4.78, 5) is 11.8. The van der Waals surface area contributed by atoms with E-state index in [-0.39, 0.29) is 12.3 Å². The van der Waals surface area contributed by atoms with Crippen LogP contribution in [0.2, 0.25) is 0 Å². The molecule has 2 aromatic rings. The summed E-state index contributed by atoms with van der Waals surface area (Å²) in [6.45, 7) is -0.168. The van der Waals surface area contributed by atoms with Crippen molar-refractivity contribution in [3.05, 3.63) is 77.0 Å². The van der Waals surface area contributed by atoms with Crippen molar-refractivity contribution < 1.29 is 9.53 Å². The van der Waals surface area contributed by atoms with Crippen molar-refractivity contribution in [2.75, 3.05) is 6.54 Å². The summed E-state index contributed by atoms with van der Waals surface area (Å²) in [5.74, 6) is -0.183. The topological polar surface area (TPSA) is 43.1 Å². The largest absolute Gasteiger partial charge is 0.623 e. The summed E-state index contributed by atoms with van der Waals surface area (Å²) in [6.07, 6.45) is 1.42. The Hall–Kier alpha value is -2.42. The van der Waals surface area contributed by atoms with Crippen molar-refractivity contribution in [3.8, 4) is 0 Å². The van der Waals surface area contributed by atoms with Crippen LogP contribution in [0.3, 0.4) is 0 Å². The number of Topliss-reactive ketones (excluding diaryl/α,β-unsaturated/α-hetero) is 1. The van der Waals surface area contributed by atoms with E-state index in [9.17, 15) is 10.0 Å². The third-order valence-electron chi connectivity index (χ3n) is 2.49. The maximum absolute atomic E-state index is 11.8. The van der Waals surface area contributed by atoms with Gasteiger partial charge in [-0.15, -0.1) is 0 Å². The summed E-state index contributed by atoms with van der Waals surface area (Å²) >= 11 is 0. The number of carbonyl (C=O) groups excluding carboxylic acids is 1. The first-order valence-electron chi connectivity index (χ1n) is 5.67. The minimum absolute atomic E-state index is 0.168. The molecule has 0 heterocycles. The number of carbonyl (C=O) groups is 1. The molecule has 0 spiro atoms. The number of hydrogen-bond donors (Lipinski definition) is 0. The number of rotatable bonds is 4. The number of hydroxylamine groups is 1. The molecule has 3 heteroatoms. The van der Waals surface area contributed by atoms with E-state index in [1.807, 2.05) is 36.4 Å². The zero-order chi connectivity index (χ0) is 12.8. The molecule has 0 radical (unpaired) electrons. The van der Waals surface area contributed by atoms with Crippen LogP contribution in [0.4, 0.5) is 0 Å². The fourth-order valence-electron chi connectivity index (χ4n) is 1.61.